The van der Waals surface area contributed by atoms with Crippen molar-refractivity contribution in [2.24, 2.45) is 0 Å². The first-order valence-corrected chi connectivity index (χ1v) is 8.57. The molecule has 3 heteroatoms. The first kappa shape index (κ1) is 16.9. The Morgan fingerprint density at radius 2 is 1.58 bits per heavy atom. The van der Waals surface area contributed by atoms with Gasteiger partial charge in [-0.3, -0.25) is 4.90 Å². The quantitative estimate of drug-likeness (QED) is 0.730. The third-order valence-corrected chi connectivity index (χ3v) is 4.55. The zero-order valence-corrected chi connectivity index (χ0v) is 14.1. The molecule has 1 fully saturated rings. The molecule has 0 saturated carbocycles. The van der Waals surface area contributed by atoms with Crippen LogP contribution in [0.5, 0.6) is 0 Å². The van der Waals surface area contributed by atoms with Crippen LogP contribution >= 0.6 is 0 Å². The van der Waals surface area contributed by atoms with Crippen LogP contribution in [0.4, 0.5) is 4.39 Å². The van der Waals surface area contributed by atoms with E-state index < -0.39 is 0 Å². The second kappa shape index (κ2) is 8.22. The molecule has 0 aromatic heterocycles. The molecule has 126 valence electrons. The Morgan fingerprint density at radius 1 is 1.00 bits per heavy atom. The third kappa shape index (κ3) is 4.11. The molecule has 2 nitrogen and oxygen atoms in total. The Bertz CT molecular complexity index is 657. The van der Waals surface area contributed by atoms with E-state index in [-0.39, 0.29) is 5.82 Å². The molecule has 0 aliphatic carbocycles. The maximum absolute atomic E-state index is 13.1. The average Bonchev–Trinajstić information content (AvgIpc) is 2.64. The van der Waals surface area contributed by atoms with Crippen LogP contribution in [-0.2, 0) is 4.74 Å². The van der Waals surface area contributed by atoms with Gasteiger partial charge in [0.1, 0.15) is 5.82 Å². The van der Waals surface area contributed by atoms with Gasteiger partial charge in [0.25, 0.3) is 0 Å². The van der Waals surface area contributed by atoms with Gasteiger partial charge in [0, 0.05) is 19.1 Å². The summed E-state index contributed by atoms with van der Waals surface area (Å²) in [5.41, 5.74) is 3.48. The fourth-order valence-corrected chi connectivity index (χ4v) is 3.19. The zero-order valence-electron chi connectivity index (χ0n) is 14.1. The van der Waals surface area contributed by atoms with Crippen molar-refractivity contribution in [1.82, 2.24) is 4.90 Å². The van der Waals surface area contributed by atoms with Gasteiger partial charge in [-0.05, 0) is 42.2 Å². The first-order chi connectivity index (χ1) is 11.8. The summed E-state index contributed by atoms with van der Waals surface area (Å²) >= 11 is 0. The zero-order chi connectivity index (χ0) is 16.8. The summed E-state index contributed by atoms with van der Waals surface area (Å²) in [5, 5.41) is 0. The molecule has 1 heterocycles. The van der Waals surface area contributed by atoms with E-state index in [1.165, 1.54) is 17.7 Å². The van der Waals surface area contributed by atoms with E-state index >= 15 is 0 Å². The van der Waals surface area contributed by atoms with Crippen molar-refractivity contribution in [3.63, 3.8) is 0 Å². The van der Waals surface area contributed by atoms with Gasteiger partial charge >= 0.3 is 0 Å². The highest BCUT2D eigenvalue weighted by molar-refractivity contribution is 5.63. The van der Waals surface area contributed by atoms with Gasteiger partial charge in [0.15, 0.2) is 0 Å². The van der Waals surface area contributed by atoms with Crippen molar-refractivity contribution < 1.29 is 9.13 Å². The Labute approximate surface area is 143 Å². The van der Waals surface area contributed by atoms with E-state index in [1.54, 1.807) is 0 Å². The predicted molar refractivity (Wildman–Crippen MR) is 96.4 cm³/mol. The number of benzene rings is 2. The smallest absolute Gasteiger partial charge is 0.123 e. The third-order valence-electron chi connectivity index (χ3n) is 4.55. The monoisotopic (exact) mass is 325 g/mol. The van der Waals surface area contributed by atoms with Crippen molar-refractivity contribution >= 4 is 0 Å². The molecule has 0 amide bonds. The maximum atomic E-state index is 13.1. The average molecular weight is 325 g/mol. The fourth-order valence-electron chi connectivity index (χ4n) is 3.19. The first-order valence-electron chi connectivity index (χ1n) is 8.57. The Kier molecular flexibility index (Phi) is 5.78. The summed E-state index contributed by atoms with van der Waals surface area (Å²) in [6.07, 6.45) is 5.35. The molecule has 0 radical (unpaired) electrons. The molecule has 1 saturated heterocycles. The summed E-state index contributed by atoms with van der Waals surface area (Å²) in [7, 11) is 0. The molecule has 24 heavy (non-hydrogen) atoms. The number of halogens is 1. The Balaban J connectivity index is 1.81. The lowest BCUT2D eigenvalue weighted by Gasteiger charge is -2.34. The van der Waals surface area contributed by atoms with Crippen LogP contribution in [0.15, 0.2) is 60.7 Å². The normalized spacial score (nSPS) is 17.2. The Morgan fingerprint density at radius 3 is 2.17 bits per heavy atom. The van der Waals surface area contributed by atoms with Gasteiger partial charge in [0.05, 0.1) is 13.2 Å². The van der Waals surface area contributed by atoms with Crippen LogP contribution < -0.4 is 0 Å². The molecule has 2 aromatic rings. The predicted octanol–water partition coefficient (Wildman–Crippen LogP) is 4.83. The van der Waals surface area contributed by atoms with Crippen molar-refractivity contribution in [2.45, 2.75) is 19.4 Å². The topological polar surface area (TPSA) is 12.5 Å². The lowest BCUT2D eigenvalue weighted by atomic mass is 9.97. The highest BCUT2D eigenvalue weighted by atomic mass is 19.1. The molecular weight excluding hydrogens is 301 g/mol. The molecule has 1 aliphatic heterocycles. The number of hydrogen-bond donors (Lipinski definition) is 0. The van der Waals surface area contributed by atoms with Crippen LogP contribution in [0.25, 0.3) is 11.1 Å². The molecule has 1 unspecified atom stereocenters. The number of nitrogens with zero attached hydrogens (tertiary/aromatic N) is 1. The molecule has 0 N–H and O–H groups in total. The van der Waals surface area contributed by atoms with Gasteiger partial charge in [-0.25, -0.2) is 4.39 Å². The van der Waals surface area contributed by atoms with Gasteiger partial charge < -0.3 is 4.74 Å². The second-order valence-corrected chi connectivity index (χ2v) is 6.10. The number of rotatable bonds is 5. The summed E-state index contributed by atoms with van der Waals surface area (Å²) in [6.45, 7) is 5.62. The van der Waals surface area contributed by atoms with E-state index in [1.807, 2.05) is 12.1 Å². The Hall–Kier alpha value is -1.97. The lowest BCUT2D eigenvalue weighted by molar-refractivity contribution is 0.0166. The molecule has 2 aromatic carbocycles. The maximum Gasteiger partial charge on any atom is 0.123 e. The number of ether oxygens (including phenoxy) is 1. The molecule has 1 aliphatic rings. The minimum absolute atomic E-state index is 0.200. The van der Waals surface area contributed by atoms with E-state index in [2.05, 4.69) is 48.2 Å². The van der Waals surface area contributed by atoms with Crippen LogP contribution in [0.1, 0.15) is 24.9 Å². The van der Waals surface area contributed by atoms with Gasteiger partial charge in [-0.15, -0.1) is 0 Å². The standard InChI is InChI=1S/C21H24FNO/c1-2-3-4-21(23-13-15-24-16-14-23)19-7-5-17(6-8-19)18-9-11-20(22)12-10-18/h2-3,5-12,21H,4,13-16H2,1H3. The van der Waals surface area contributed by atoms with E-state index in [0.29, 0.717) is 6.04 Å². The number of morpholine rings is 1. The highest BCUT2D eigenvalue weighted by Crippen LogP contribution is 2.28. The van der Waals surface area contributed by atoms with Crippen molar-refractivity contribution in [3.05, 3.63) is 72.1 Å². The van der Waals surface area contributed by atoms with E-state index in [4.69, 9.17) is 4.74 Å². The minimum atomic E-state index is -0.200. The minimum Gasteiger partial charge on any atom is -0.379 e. The van der Waals surface area contributed by atoms with Crippen molar-refractivity contribution in [3.8, 4) is 11.1 Å². The summed E-state index contributed by atoms with van der Waals surface area (Å²) < 4.78 is 18.6. The van der Waals surface area contributed by atoms with Crippen molar-refractivity contribution in [1.29, 1.82) is 0 Å². The lowest BCUT2D eigenvalue weighted by Crippen LogP contribution is -2.38. The van der Waals surface area contributed by atoms with Gasteiger partial charge in [-0.1, -0.05) is 48.6 Å². The SMILES string of the molecule is CC=CCC(c1ccc(-c2ccc(F)cc2)cc1)N1CCOCC1. The highest BCUT2D eigenvalue weighted by Gasteiger charge is 2.21. The van der Waals surface area contributed by atoms with Crippen LogP contribution in [-0.4, -0.2) is 31.2 Å². The van der Waals surface area contributed by atoms with Crippen molar-refractivity contribution in [2.75, 3.05) is 26.3 Å². The number of hydrogen-bond acceptors (Lipinski definition) is 2. The molecule has 1 atom stereocenters. The number of allylic oxidation sites excluding steroid dienone is 1. The molecule has 3 rings (SSSR count). The molecular formula is C21H24FNO. The van der Waals surface area contributed by atoms with Crippen LogP contribution in [0, 0.1) is 5.82 Å². The van der Waals surface area contributed by atoms with Crippen LogP contribution in [0.3, 0.4) is 0 Å². The van der Waals surface area contributed by atoms with Crippen LogP contribution in [0.2, 0.25) is 0 Å². The largest absolute Gasteiger partial charge is 0.379 e. The summed E-state index contributed by atoms with van der Waals surface area (Å²) in [4.78, 5) is 2.50. The summed E-state index contributed by atoms with van der Waals surface area (Å²) in [6, 6.07) is 15.7. The van der Waals surface area contributed by atoms with Gasteiger partial charge in [0.2, 0.25) is 0 Å². The van der Waals surface area contributed by atoms with Gasteiger partial charge in [-0.2, -0.15) is 0 Å². The van der Waals surface area contributed by atoms with E-state index in [9.17, 15) is 4.39 Å². The van der Waals surface area contributed by atoms with E-state index in [0.717, 1.165) is 43.9 Å². The molecule has 0 spiro atoms. The summed E-state index contributed by atoms with van der Waals surface area (Å²) in [5.74, 6) is -0.200. The molecule has 0 bridgehead atoms. The second-order valence-electron chi connectivity index (χ2n) is 6.10. The fraction of sp³-hybridized carbons (Fsp3) is 0.333.